The predicted octanol–water partition coefficient (Wildman–Crippen LogP) is 2.75. The van der Waals surface area contributed by atoms with Gasteiger partial charge in [-0.2, -0.15) is 5.10 Å². The summed E-state index contributed by atoms with van der Waals surface area (Å²) in [5.74, 6) is 0. The van der Waals surface area contributed by atoms with E-state index in [1.54, 1.807) is 0 Å². The van der Waals surface area contributed by atoms with E-state index in [1.807, 2.05) is 0 Å². The van der Waals surface area contributed by atoms with Crippen molar-refractivity contribution in [2.45, 2.75) is 33.2 Å². The van der Waals surface area contributed by atoms with E-state index in [2.05, 4.69) is 46.7 Å². The minimum Gasteiger partial charge on any atom is -0.301 e. The van der Waals surface area contributed by atoms with Crippen LogP contribution < -0.4 is 0 Å². The highest BCUT2D eigenvalue weighted by atomic mass is 15.3. The van der Waals surface area contributed by atoms with E-state index in [0.29, 0.717) is 0 Å². The molecule has 0 atom stereocenters. The summed E-state index contributed by atoms with van der Waals surface area (Å²) < 4.78 is 2.18. The molecule has 0 N–H and O–H groups in total. The van der Waals surface area contributed by atoms with Gasteiger partial charge in [0.05, 0.1) is 17.8 Å². The van der Waals surface area contributed by atoms with Gasteiger partial charge in [0.25, 0.3) is 0 Å². The molecule has 2 heterocycles. The van der Waals surface area contributed by atoms with Crippen LogP contribution >= 0.6 is 0 Å². The summed E-state index contributed by atoms with van der Waals surface area (Å²) in [5.41, 5.74) is 3.74. The summed E-state index contributed by atoms with van der Waals surface area (Å²) in [6.45, 7) is 8.91. The van der Waals surface area contributed by atoms with E-state index in [9.17, 15) is 0 Å². The first-order valence-electron chi connectivity index (χ1n) is 6.90. The normalized spacial score (nSPS) is 16.8. The molecule has 0 saturated carbocycles. The minimum atomic E-state index is 1.01. The second kappa shape index (κ2) is 4.73. The molecule has 0 radical (unpaired) electrons. The zero-order valence-electron chi connectivity index (χ0n) is 11.3. The van der Waals surface area contributed by atoms with Crippen molar-refractivity contribution in [1.29, 1.82) is 0 Å². The fraction of sp³-hybridized carbons (Fsp3) is 0.533. The van der Waals surface area contributed by atoms with Gasteiger partial charge in [0.15, 0.2) is 0 Å². The Morgan fingerprint density at radius 2 is 1.89 bits per heavy atom. The molecule has 0 amide bonds. The van der Waals surface area contributed by atoms with Crippen LogP contribution in [-0.2, 0) is 6.54 Å². The Kier molecular flexibility index (Phi) is 3.08. The molecule has 0 aliphatic carbocycles. The van der Waals surface area contributed by atoms with Crippen LogP contribution in [0.3, 0.4) is 0 Å². The number of benzene rings is 1. The maximum Gasteiger partial charge on any atom is 0.0688 e. The highest BCUT2D eigenvalue weighted by Crippen LogP contribution is 2.19. The molecule has 0 spiro atoms. The van der Waals surface area contributed by atoms with Gasteiger partial charge in [0.2, 0.25) is 0 Å². The summed E-state index contributed by atoms with van der Waals surface area (Å²) in [7, 11) is 0. The Balaban J connectivity index is 1.84. The average molecular weight is 243 g/mol. The van der Waals surface area contributed by atoms with E-state index in [0.717, 1.165) is 18.8 Å². The first-order chi connectivity index (χ1) is 8.74. The molecule has 1 aliphatic rings. The summed E-state index contributed by atoms with van der Waals surface area (Å²) in [6.07, 6.45) is 2.72. The molecule has 0 bridgehead atoms. The molecule has 0 unspecified atom stereocenters. The zero-order chi connectivity index (χ0) is 12.5. The lowest BCUT2D eigenvalue weighted by Crippen LogP contribution is -2.24. The minimum absolute atomic E-state index is 1.01. The molecule has 2 aromatic rings. The molecule has 1 saturated heterocycles. The van der Waals surface area contributed by atoms with E-state index >= 15 is 0 Å². The number of fused-ring (bicyclic) bond motifs is 1. The average Bonchev–Trinajstić information content (AvgIpc) is 2.95. The van der Waals surface area contributed by atoms with Gasteiger partial charge in [-0.15, -0.1) is 0 Å². The van der Waals surface area contributed by atoms with E-state index in [1.165, 1.54) is 42.4 Å². The van der Waals surface area contributed by atoms with Crippen LogP contribution in [0.5, 0.6) is 0 Å². The van der Waals surface area contributed by atoms with E-state index < -0.39 is 0 Å². The van der Waals surface area contributed by atoms with Crippen molar-refractivity contribution in [2.24, 2.45) is 0 Å². The molecule has 1 aliphatic heterocycles. The van der Waals surface area contributed by atoms with Gasteiger partial charge in [0, 0.05) is 11.9 Å². The second-order valence-electron chi connectivity index (χ2n) is 5.38. The Bertz CT molecular complexity index is 550. The summed E-state index contributed by atoms with van der Waals surface area (Å²) in [6, 6.07) is 6.61. The summed E-state index contributed by atoms with van der Waals surface area (Å²) in [5, 5.41) is 5.98. The van der Waals surface area contributed by atoms with Gasteiger partial charge in [-0.05, 0) is 51.4 Å². The molecule has 1 aromatic heterocycles. The van der Waals surface area contributed by atoms with E-state index in [4.69, 9.17) is 0 Å². The Morgan fingerprint density at radius 3 is 2.67 bits per heavy atom. The number of aryl methyl sites for hydroxylation is 2. The van der Waals surface area contributed by atoms with Crippen LogP contribution in [-0.4, -0.2) is 34.3 Å². The predicted molar refractivity (Wildman–Crippen MR) is 74.9 cm³/mol. The first-order valence-corrected chi connectivity index (χ1v) is 6.90. The number of rotatable bonds is 3. The van der Waals surface area contributed by atoms with E-state index in [-0.39, 0.29) is 0 Å². The van der Waals surface area contributed by atoms with Gasteiger partial charge in [-0.1, -0.05) is 12.1 Å². The van der Waals surface area contributed by atoms with Crippen molar-refractivity contribution in [1.82, 2.24) is 14.7 Å². The standard InChI is InChI=1S/C15H21N3/c1-12-5-6-14-13(2)16-18(15(14)11-12)10-9-17-7-3-4-8-17/h5-6,11H,3-4,7-10H2,1-2H3. The number of aromatic nitrogens is 2. The van der Waals surface area contributed by atoms with Gasteiger partial charge in [-0.25, -0.2) is 0 Å². The SMILES string of the molecule is Cc1ccc2c(C)nn(CCN3CCCC3)c2c1. The third kappa shape index (κ3) is 2.15. The highest BCUT2D eigenvalue weighted by Gasteiger charge is 2.12. The van der Waals surface area contributed by atoms with Gasteiger partial charge in [-0.3, -0.25) is 4.68 Å². The lowest BCUT2D eigenvalue weighted by Gasteiger charge is -2.14. The maximum absolute atomic E-state index is 4.68. The van der Waals surface area contributed by atoms with Crippen LogP contribution in [0.1, 0.15) is 24.1 Å². The number of nitrogens with zero attached hydrogens (tertiary/aromatic N) is 3. The van der Waals surface area contributed by atoms with Crippen LogP contribution in [0.2, 0.25) is 0 Å². The molecule has 96 valence electrons. The fourth-order valence-electron chi connectivity index (χ4n) is 2.86. The maximum atomic E-state index is 4.68. The molecule has 3 nitrogen and oxygen atoms in total. The Morgan fingerprint density at radius 1 is 1.11 bits per heavy atom. The lowest BCUT2D eigenvalue weighted by atomic mass is 10.1. The number of hydrogen-bond donors (Lipinski definition) is 0. The number of likely N-dealkylation sites (tertiary alicyclic amines) is 1. The smallest absolute Gasteiger partial charge is 0.0688 e. The molecular formula is C15H21N3. The third-order valence-electron chi connectivity index (χ3n) is 3.92. The monoisotopic (exact) mass is 243 g/mol. The Labute approximate surface area is 108 Å². The molecule has 1 aromatic carbocycles. The summed E-state index contributed by atoms with van der Waals surface area (Å²) >= 11 is 0. The number of hydrogen-bond acceptors (Lipinski definition) is 2. The third-order valence-corrected chi connectivity index (χ3v) is 3.92. The van der Waals surface area contributed by atoms with Crippen molar-refractivity contribution >= 4 is 10.9 Å². The highest BCUT2D eigenvalue weighted by molar-refractivity contribution is 5.82. The molecular weight excluding hydrogens is 222 g/mol. The topological polar surface area (TPSA) is 21.1 Å². The van der Waals surface area contributed by atoms with Gasteiger partial charge in [0.1, 0.15) is 0 Å². The molecule has 1 fully saturated rings. The molecule has 18 heavy (non-hydrogen) atoms. The largest absolute Gasteiger partial charge is 0.301 e. The quantitative estimate of drug-likeness (QED) is 0.826. The van der Waals surface area contributed by atoms with Crippen LogP contribution in [0, 0.1) is 13.8 Å². The molecule has 3 heteroatoms. The lowest BCUT2D eigenvalue weighted by molar-refractivity contribution is 0.318. The van der Waals surface area contributed by atoms with Gasteiger partial charge >= 0.3 is 0 Å². The van der Waals surface area contributed by atoms with Crippen molar-refractivity contribution in [3.8, 4) is 0 Å². The van der Waals surface area contributed by atoms with Crippen molar-refractivity contribution in [2.75, 3.05) is 19.6 Å². The fourth-order valence-corrected chi connectivity index (χ4v) is 2.86. The second-order valence-corrected chi connectivity index (χ2v) is 5.38. The van der Waals surface area contributed by atoms with Crippen LogP contribution in [0.25, 0.3) is 10.9 Å². The van der Waals surface area contributed by atoms with Crippen LogP contribution in [0.4, 0.5) is 0 Å². The van der Waals surface area contributed by atoms with Crippen molar-refractivity contribution < 1.29 is 0 Å². The molecule has 3 rings (SSSR count). The van der Waals surface area contributed by atoms with Crippen molar-refractivity contribution in [3.05, 3.63) is 29.5 Å². The first kappa shape index (κ1) is 11.7. The zero-order valence-corrected chi connectivity index (χ0v) is 11.3. The van der Waals surface area contributed by atoms with Crippen molar-refractivity contribution in [3.63, 3.8) is 0 Å². The summed E-state index contributed by atoms with van der Waals surface area (Å²) in [4.78, 5) is 2.54. The van der Waals surface area contributed by atoms with Crippen LogP contribution in [0.15, 0.2) is 18.2 Å². The van der Waals surface area contributed by atoms with Gasteiger partial charge < -0.3 is 4.90 Å². The Hall–Kier alpha value is -1.35.